The topological polar surface area (TPSA) is 26.3 Å². The van der Waals surface area contributed by atoms with E-state index < -0.39 is 0 Å². The number of hydrogen-bond donors (Lipinski definition) is 0. The maximum atomic E-state index is 9.90. The normalized spacial score (nSPS) is 9.83. The Morgan fingerprint density at radius 2 is 2.83 bits per heavy atom. The van der Waals surface area contributed by atoms with Crippen molar-refractivity contribution >= 4 is 5.97 Å². The van der Waals surface area contributed by atoms with Crippen LogP contribution in [0.25, 0.3) is 0 Å². The van der Waals surface area contributed by atoms with Gasteiger partial charge in [0, 0.05) is 8.29 Å². The molecular formula is C4H8O2. The van der Waals surface area contributed by atoms with Crippen molar-refractivity contribution in [2.45, 2.75) is 13.8 Å². The Kier molecular flexibility index (Phi) is 1.64. The van der Waals surface area contributed by atoms with Crippen LogP contribution in [0.1, 0.15) is 15.2 Å². The molecule has 0 unspecified atom stereocenters. The fourth-order valence-corrected chi connectivity index (χ4v) is 0.144. The van der Waals surface area contributed by atoms with Crippen molar-refractivity contribution in [1.82, 2.24) is 0 Å². The molecule has 0 aliphatic rings. The van der Waals surface area contributed by atoms with Gasteiger partial charge < -0.3 is 4.74 Å². The molecular weight excluding hydrogens is 80.0 g/mol. The second-order valence-corrected chi connectivity index (χ2v) is 0.840. The predicted molar refractivity (Wildman–Crippen MR) is 22.3 cm³/mol. The minimum atomic E-state index is -0.313. The Morgan fingerprint density at radius 3 is 3.00 bits per heavy atom. The first kappa shape index (κ1) is 3.65. The minimum Gasteiger partial charge on any atom is -0.466 e. The van der Waals surface area contributed by atoms with Gasteiger partial charge in [0.1, 0.15) is 0 Å². The quantitative estimate of drug-likeness (QED) is 0.439. The van der Waals surface area contributed by atoms with Gasteiger partial charge in [0.05, 0.1) is 6.61 Å². The summed E-state index contributed by atoms with van der Waals surface area (Å²) in [6.07, 6.45) is 0. The zero-order valence-corrected chi connectivity index (χ0v) is 3.73. The Balaban J connectivity index is 2.82. The van der Waals surface area contributed by atoms with E-state index in [4.69, 9.17) is 1.37 Å². The molecule has 0 aliphatic carbocycles. The number of carbonyl (C=O) groups excluding carboxylic acids is 1. The molecule has 2 heteroatoms. The molecule has 2 nitrogen and oxygen atoms in total. The first-order valence-electron chi connectivity index (χ1n) is 2.40. The summed E-state index contributed by atoms with van der Waals surface area (Å²) in [5.74, 6) is -0.313. The zero-order chi connectivity index (χ0) is 5.70. The Bertz CT molecular complexity index is 62.7. The van der Waals surface area contributed by atoms with Gasteiger partial charge in [-0.15, -0.1) is 0 Å². The summed E-state index contributed by atoms with van der Waals surface area (Å²) in [6, 6.07) is 0. The molecule has 0 rings (SSSR count). The van der Waals surface area contributed by atoms with Crippen molar-refractivity contribution in [3.63, 3.8) is 0 Å². The lowest BCUT2D eigenvalue weighted by Crippen LogP contribution is -1.95. The molecule has 0 heterocycles. The van der Waals surface area contributed by atoms with Gasteiger partial charge in [-0.1, -0.05) is 0 Å². The number of carbonyl (C=O) groups is 1. The lowest BCUT2D eigenvalue weighted by Gasteiger charge is -1.89. The predicted octanol–water partition coefficient (Wildman–Crippen LogP) is 0.569. The van der Waals surface area contributed by atoms with Gasteiger partial charge in [0.15, 0.2) is 0 Å². The van der Waals surface area contributed by atoms with Gasteiger partial charge in [-0.25, -0.2) is 0 Å². The summed E-state index contributed by atoms with van der Waals surface area (Å²) in [5.41, 5.74) is 0. The van der Waals surface area contributed by atoms with Gasteiger partial charge in [-0.05, 0) is 6.90 Å². The smallest absolute Gasteiger partial charge is 0.302 e. The maximum Gasteiger partial charge on any atom is 0.302 e. The summed E-state index contributed by atoms with van der Waals surface area (Å²) < 4.78 is 10.9. The monoisotopic (exact) mass is 89.1 g/mol. The van der Waals surface area contributed by atoms with E-state index in [0.29, 0.717) is 0 Å². The Labute approximate surface area is 38.5 Å². The highest BCUT2D eigenvalue weighted by molar-refractivity contribution is 5.65. The molecule has 0 bridgehead atoms. The summed E-state index contributed by atoms with van der Waals surface area (Å²) in [7, 11) is 0. The van der Waals surface area contributed by atoms with Crippen LogP contribution in [-0.4, -0.2) is 12.6 Å². The molecule has 0 radical (unpaired) electrons. The summed E-state index contributed by atoms with van der Waals surface area (Å²) in [6.45, 7) is 1.70. The Hall–Kier alpha value is -0.530. The Morgan fingerprint density at radius 1 is 2.17 bits per heavy atom. The summed E-state index contributed by atoms with van der Waals surface area (Å²) >= 11 is 0. The van der Waals surface area contributed by atoms with Gasteiger partial charge in [-0.3, -0.25) is 4.79 Å². The molecule has 0 aromatic heterocycles. The van der Waals surface area contributed by atoms with Crippen molar-refractivity contribution in [3.05, 3.63) is 0 Å². The molecule has 0 N–H and O–H groups in total. The molecule has 0 amide bonds. The number of ether oxygens (including phenoxy) is 1. The second kappa shape index (κ2) is 2.69. The van der Waals surface area contributed by atoms with E-state index in [1.54, 1.807) is 0 Å². The van der Waals surface area contributed by atoms with E-state index >= 15 is 0 Å². The van der Waals surface area contributed by atoms with Crippen molar-refractivity contribution in [2.24, 2.45) is 0 Å². The van der Waals surface area contributed by atoms with E-state index in [2.05, 4.69) is 4.74 Å². The van der Waals surface area contributed by atoms with Crippen LogP contribution in [0.2, 0.25) is 0 Å². The highest BCUT2D eigenvalue weighted by Crippen LogP contribution is 1.69. The van der Waals surface area contributed by atoms with E-state index in [1.165, 1.54) is 6.92 Å². The average Bonchev–Trinajstić information content (AvgIpc) is 1.61. The van der Waals surface area contributed by atoms with Crippen LogP contribution >= 0.6 is 0 Å². The van der Waals surface area contributed by atoms with Crippen LogP contribution in [0, 0.1) is 0 Å². The van der Waals surface area contributed by atoms with Crippen LogP contribution < -0.4 is 0 Å². The third-order valence-corrected chi connectivity index (χ3v) is 0.305. The molecule has 0 saturated carbocycles. The molecule has 0 aliphatic heterocycles. The van der Waals surface area contributed by atoms with Crippen molar-refractivity contribution in [3.8, 4) is 0 Å². The number of rotatable bonds is 1. The number of hydrogen-bond acceptors (Lipinski definition) is 2. The molecule has 0 fully saturated rings. The van der Waals surface area contributed by atoms with Crippen molar-refractivity contribution in [1.29, 1.82) is 0 Å². The largest absolute Gasteiger partial charge is 0.466 e. The van der Waals surface area contributed by atoms with Crippen LogP contribution in [0.4, 0.5) is 0 Å². The fraction of sp³-hybridized carbons (Fsp3) is 0.750. The summed E-state index contributed by atoms with van der Waals surface area (Å²) in [4.78, 5) is 9.90. The third kappa shape index (κ3) is 3.47. The second-order valence-electron chi connectivity index (χ2n) is 0.840. The first-order valence-corrected chi connectivity index (χ1v) is 1.70. The maximum absolute atomic E-state index is 9.90. The van der Waals surface area contributed by atoms with Crippen LogP contribution in [0.5, 0.6) is 0 Å². The lowest BCUT2D eigenvalue weighted by atomic mass is 10.8. The molecule has 36 valence electrons. The minimum absolute atomic E-state index is 0.152. The SMILES string of the molecule is [2H]CCOC(C)=O. The average molecular weight is 89.1 g/mol. The highest BCUT2D eigenvalue weighted by Gasteiger charge is 1.81. The fourth-order valence-electron chi connectivity index (χ4n) is 0.144. The standard InChI is InChI=1S/C4H8O2/c1-3-6-4(2)5/h3H2,1-2H3/i1D. The van der Waals surface area contributed by atoms with Gasteiger partial charge in [0.25, 0.3) is 0 Å². The van der Waals surface area contributed by atoms with Crippen LogP contribution in [0.3, 0.4) is 0 Å². The molecule has 6 heavy (non-hydrogen) atoms. The van der Waals surface area contributed by atoms with Gasteiger partial charge in [0.2, 0.25) is 0 Å². The van der Waals surface area contributed by atoms with Gasteiger partial charge >= 0.3 is 5.97 Å². The first-order chi connectivity index (χ1) is 3.27. The van der Waals surface area contributed by atoms with Crippen LogP contribution in [-0.2, 0) is 9.53 Å². The molecule has 0 saturated heterocycles. The molecule has 0 aromatic carbocycles. The summed E-state index contributed by atoms with van der Waals surface area (Å²) in [5, 5.41) is 0. The van der Waals surface area contributed by atoms with E-state index in [1.807, 2.05) is 0 Å². The van der Waals surface area contributed by atoms with E-state index in [0.717, 1.165) is 0 Å². The number of esters is 1. The zero-order valence-electron chi connectivity index (χ0n) is 4.73. The van der Waals surface area contributed by atoms with E-state index in [-0.39, 0.29) is 19.5 Å². The molecule has 0 atom stereocenters. The highest BCUT2D eigenvalue weighted by atomic mass is 16.5. The van der Waals surface area contributed by atoms with E-state index in [9.17, 15) is 4.79 Å². The lowest BCUT2D eigenvalue weighted by molar-refractivity contribution is -0.140. The van der Waals surface area contributed by atoms with Crippen molar-refractivity contribution < 1.29 is 10.9 Å². The third-order valence-electron chi connectivity index (χ3n) is 0.305. The van der Waals surface area contributed by atoms with Crippen LogP contribution in [0.15, 0.2) is 0 Å². The molecule has 0 aromatic rings. The van der Waals surface area contributed by atoms with Gasteiger partial charge in [-0.2, -0.15) is 0 Å². The molecule has 0 spiro atoms. The van der Waals surface area contributed by atoms with Crippen molar-refractivity contribution in [2.75, 3.05) is 6.61 Å².